The molecule has 0 saturated heterocycles. The molecule has 1 amide bonds. The highest BCUT2D eigenvalue weighted by Gasteiger charge is 2.14. The Kier molecular flexibility index (Phi) is 6.72. The molecule has 2 aromatic carbocycles. The second-order valence-electron chi connectivity index (χ2n) is 5.61. The summed E-state index contributed by atoms with van der Waals surface area (Å²) in [5.74, 6) is 0.265. The van der Waals surface area contributed by atoms with Crippen LogP contribution in [-0.4, -0.2) is 31.9 Å². The Balaban J connectivity index is 1.39. The summed E-state index contributed by atoms with van der Waals surface area (Å²) in [5, 5.41) is 3.33. The molecule has 0 fully saturated rings. The Bertz CT molecular complexity index is 905. The molecule has 1 aliphatic heterocycles. The van der Waals surface area contributed by atoms with E-state index in [1.807, 2.05) is 0 Å². The standard InChI is InChI=1S/C18H14Cl3NO6/c19-11-4-13(21)15(5-12(11)20)25-8-18(24)26-7-17(23)22-6-10-1-2-14-16(3-10)28-9-27-14/h1-5H,6-9H2,(H,22,23). The second-order valence-corrected chi connectivity index (χ2v) is 6.83. The smallest absolute Gasteiger partial charge is 0.344 e. The Morgan fingerprint density at radius 1 is 0.964 bits per heavy atom. The van der Waals surface area contributed by atoms with Crippen LogP contribution in [0.15, 0.2) is 30.3 Å². The maximum Gasteiger partial charge on any atom is 0.344 e. The first kappa shape index (κ1) is 20.4. The zero-order valence-electron chi connectivity index (χ0n) is 14.3. The number of carbonyl (C=O) groups is 2. The topological polar surface area (TPSA) is 83.1 Å². The van der Waals surface area contributed by atoms with Crippen LogP contribution in [-0.2, 0) is 20.9 Å². The minimum absolute atomic E-state index is 0.177. The number of halogens is 3. The van der Waals surface area contributed by atoms with E-state index >= 15 is 0 Å². The number of amides is 1. The molecular formula is C18H14Cl3NO6. The van der Waals surface area contributed by atoms with Crippen molar-refractivity contribution in [2.45, 2.75) is 6.54 Å². The maximum atomic E-state index is 11.8. The minimum atomic E-state index is -0.736. The first-order valence-electron chi connectivity index (χ1n) is 8.00. The van der Waals surface area contributed by atoms with Crippen LogP contribution in [0, 0.1) is 0 Å². The highest BCUT2D eigenvalue weighted by Crippen LogP contribution is 2.34. The first-order chi connectivity index (χ1) is 13.4. The molecule has 28 heavy (non-hydrogen) atoms. The van der Waals surface area contributed by atoms with Crippen molar-refractivity contribution >= 4 is 46.7 Å². The van der Waals surface area contributed by atoms with Crippen molar-refractivity contribution in [2.24, 2.45) is 0 Å². The fraction of sp³-hybridized carbons (Fsp3) is 0.222. The second kappa shape index (κ2) is 9.23. The minimum Gasteiger partial charge on any atom is -0.480 e. The predicted octanol–water partition coefficient (Wildman–Crippen LogP) is 3.61. The summed E-state index contributed by atoms with van der Waals surface area (Å²) in [7, 11) is 0. The molecule has 0 radical (unpaired) electrons. The molecule has 0 aliphatic carbocycles. The third-order valence-electron chi connectivity index (χ3n) is 3.61. The Morgan fingerprint density at radius 2 is 1.71 bits per heavy atom. The summed E-state index contributed by atoms with van der Waals surface area (Å²) < 4.78 is 20.6. The van der Waals surface area contributed by atoms with E-state index in [-0.39, 0.29) is 34.2 Å². The van der Waals surface area contributed by atoms with Gasteiger partial charge in [0.2, 0.25) is 6.79 Å². The lowest BCUT2D eigenvalue weighted by molar-refractivity contribution is -0.150. The van der Waals surface area contributed by atoms with Crippen LogP contribution in [0.2, 0.25) is 15.1 Å². The van der Waals surface area contributed by atoms with Crippen molar-refractivity contribution in [3.8, 4) is 17.2 Å². The molecule has 1 aliphatic rings. The summed E-state index contributed by atoms with van der Waals surface area (Å²) in [4.78, 5) is 23.6. The molecule has 1 heterocycles. The number of rotatable bonds is 7. The van der Waals surface area contributed by atoms with Gasteiger partial charge >= 0.3 is 5.97 Å². The molecule has 3 rings (SSSR count). The van der Waals surface area contributed by atoms with Crippen molar-refractivity contribution in [3.05, 3.63) is 51.0 Å². The number of fused-ring (bicyclic) bond motifs is 1. The van der Waals surface area contributed by atoms with Gasteiger partial charge < -0.3 is 24.3 Å². The Morgan fingerprint density at radius 3 is 2.54 bits per heavy atom. The van der Waals surface area contributed by atoms with Crippen LogP contribution < -0.4 is 19.5 Å². The van der Waals surface area contributed by atoms with Crippen molar-refractivity contribution in [2.75, 3.05) is 20.0 Å². The van der Waals surface area contributed by atoms with E-state index in [1.165, 1.54) is 12.1 Å². The molecule has 0 aromatic heterocycles. The first-order valence-corrected chi connectivity index (χ1v) is 9.14. The summed E-state index contributed by atoms with van der Waals surface area (Å²) >= 11 is 17.6. The highest BCUT2D eigenvalue weighted by molar-refractivity contribution is 6.43. The number of nitrogens with one attached hydrogen (secondary N) is 1. The van der Waals surface area contributed by atoms with Gasteiger partial charge in [0, 0.05) is 12.6 Å². The van der Waals surface area contributed by atoms with Crippen molar-refractivity contribution in [1.29, 1.82) is 0 Å². The lowest BCUT2D eigenvalue weighted by atomic mass is 10.2. The molecule has 2 aromatic rings. The lowest BCUT2D eigenvalue weighted by Gasteiger charge is -2.10. The Hall–Kier alpha value is -2.35. The molecule has 10 heteroatoms. The fourth-order valence-electron chi connectivity index (χ4n) is 2.24. The maximum absolute atomic E-state index is 11.8. The van der Waals surface area contributed by atoms with Crippen LogP contribution in [0.5, 0.6) is 17.2 Å². The normalized spacial score (nSPS) is 11.8. The number of hydrogen-bond donors (Lipinski definition) is 1. The monoisotopic (exact) mass is 445 g/mol. The van der Waals surface area contributed by atoms with Crippen LogP contribution in [0.25, 0.3) is 0 Å². The van der Waals surface area contributed by atoms with Gasteiger partial charge in [0.15, 0.2) is 24.7 Å². The molecular weight excluding hydrogens is 433 g/mol. The number of hydrogen-bond acceptors (Lipinski definition) is 6. The third-order valence-corrected chi connectivity index (χ3v) is 4.63. The van der Waals surface area contributed by atoms with Crippen molar-refractivity contribution < 1.29 is 28.5 Å². The van der Waals surface area contributed by atoms with Crippen LogP contribution in [0.3, 0.4) is 0 Å². The van der Waals surface area contributed by atoms with Crippen LogP contribution in [0.1, 0.15) is 5.56 Å². The van der Waals surface area contributed by atoms with Gasteiger partial charge in [-0.05, 0) is 23.8 Å². The molecule has 0 spiro atoms. The highest BCUT2D eigenvalue weighted by atomic mass is 35.5. The van der Waals surface area contributed by atoms with Gasteiger partial charge in [0.05, 0.1) is 15.1 Å². The van der Waals surface area contributed by atoms with E-state index in [0.717, 1.165) is 5.56 Å². The predicted molar refractivity (Wildman–Crippen MR) is 102 cm³/mol. The number of esters is 1. The van der Waals surface area contributed by atoms with Crippen LogP contribution >= 0.6 is 34.8 Å². The van der Waals surface area contributed by atoms with Crippen molar-refractivity contribution in [1.82, 2.24) is 5.32 Å². The van der Waals surface area contributed by atoms with E-state index in [1.54, 1.807) is 18.2 Å². The van der Waals surface area contributed by atoms with E-state index < -0.39 is 25.1 Å². The SMILES string of the molecule is O=C(COC(=O)COc1cc(Cl)c(Cl)cc1Cl)NCc1ccc2c(c1)OCO2. The van der Waals surface area contributed by atoms with E-state index in [2.05, 4.69) is 5.32 Å². The fourth-order valence-corrected chi connectivity index (χ4v) is 2.83. The summed E-state index contributed by atoms with van der Waals surface area (Å²) in [6.45, 7) is -0.450. The van der Waals surface area contributed by atoms with E-state index in [0.29, 0.717) is 11.5 Å². The third kappa shape index (κ3) is 5.34. The Labute approximate surface area is 175 Å². The van der Waals surface area contributed by atoms with Gasteiger partial charge in [-0.15, -0.1) is 0 Å². The molecule has 148 valence electrons. The average Bonchev–Trinajstić information content (AvgIpc) is 3.14. The van der Waals surface area contributed by atoms with Crippen LogP contribution in [0.4, 0.5) is 0 Å². The molecule has 0 bridgehead atoms. The lowest BCUT2D eigenvalue weighted by Crippen LogP contribution is -2.29. The largest absolute Gasteiger partial charge is 0.480 e. The summed E-state index contributed by atoms with van der Waals surface area (Å²) in [5.41, 5.74) is 0.821. The molecule has 1 N–H and O–H groups in total. The molecule has 0 unspecified atom stereocenters. The van der Waals surface area contributed by atoms with E-state index in [9.17, 15) is 9.59 Å². The van der Waals surface area contributed by atoms with Crippen molar-refractivity contribution in [3.63, 3.8) is 0 Å². The van der Waals surface area contributed by atoms with Gasteiger partial charge in [-0.3, -0.25) is 4.79 Å². The molecule has 0 atom stereocenters. The summed E-state index contributed by atoms with van der Waals surface area (Å²) in [6, 6.07) is 8.11. The zero-order chi connectivity index (χ0) is 20.1. The number of carbonyl (C=O) groups excluding carboxylic acids is 2. The zero-order valence-corrected chi connectivity index (χ0v) is 16.6. The van der Waals surface area contributed by atoms with E-state index in [4.69, 9.17) is 53.8 Å². The van der Waals surface area contributed by atoms with Gasteiger partial charge in [-0.2, -0.15) is 0 Å². The van der Waals surface area contributed by atoms with Gasteiger partial charge in [-0.25, -0.2) is 4.79 Å². The number of ether oxygens (including phenoxy) is 4. The molecule has 0 saturated carbocycles. The quantitative estimate of drug-likeness (QED) is 0.517. The van der Waals surface area contributed by atoms with Gasteiger partial charge in [-0.1, -0.05) is 40.9 Å². The number of benzene rings is 2. The molecule has 7 nitrogen and oxygen atoms in total. The van der Waals surface area contributed by atoms with Gasteiger partial charge in [0.1, 0.15) is 5.75 Å². The van der Waals surface area contributed by atoms with Gasteiger partial charge in [0.25, 0.3) is 5.91 Å². The summed E-state index contributed by atoms with van der Waals surface area (Å²) in [6.07, 6.45) is 0. The average molecular weight is 447 g/mol.